The summed E-state index contributed by atoms with van der Waals surface area (Å²) < 4.78 is 40.3. The lowest BCUT2D eigenvalue weighted by Gasteiger charge is -2.31. The Morgan fingerprint density at radius 2 is 2.21 bits per heavy atom. The molecule has 1 fully saturated rings. The zero-order chi connectivity index (χ0) is 13.9. The number of halogens is 3. The van der Waals surface area contributed by atoms with Gasteiger partial charge in [-0.2, -0.15) is 0 Å². The monoisotopic (exact) mass is 274 g/mol. The van der Waals surface area contributed by atoms with Crippen LogP contribution in [0.15, 0.2) is 24.3 Å². The quantitative estimate of drug-likeness (QED) is 0.916. The molecule has 1 heterocycles. The fourth-order valence-corrected chi connectivity index (χ4v) is 2.25. The largest absolute Gasteiger partial charge is 0.573 e. The predicted molar refractivity (Wildman–Crippen MR) is 65.9 cm³/mol. The number of piperazine rings is 1. The maximum absolute atomic E-state index is 12.1. The summed E-state index contributed by atoms with van der Waals surface area (Å²) in [6.07, 6.45) is -4.64. The van der Waals surface area contributed by atoms with E-state index in [1.54, 1.807) is 6.07 Å². The van der Waals surface area contributed by atoms with Crippen molar-refractivity contribution >= 4 is 0 Å². The van der Waals surface area contributed by atoms with E-state index in [1.807, 2.05) is 6.07 Å². The molecule has 0 radical (unpaired) electrons. The van der Waals surface area contributed by atoms with Crippen LogP contribution in [-0.4, -0.2) is 36.9 Å². The summed E-state index contributed by atoms with van der Waals surface area (Å²) in [6.45, 7) is 5.43. The third kappa shape index (κ3) is 4.72. The minimum atomic E-state index is -4.64. The van der Waals surface area contributed by atoms with E-state index >= 15 is 0 Å². The third-order valence-corrected chi connectivity index (χ3v) is 2.99. The Morgan fingerprint density at radius 3 is 2.89 bits per heavy atom. The van der Waals surface area contributed by atoms with Crippen LogP contribution in [0.25, 0.3) is 0 Å². The summed E-state index contributed by atoms with van der Waals surface area (Å²) in [5.74, 6) is -0.159. The Hall–Kier alpha value is -1.27. The molecule has 3 nitrogen and oxygen atoms in total. The first-order chi connectivity index (χ1) is 8.92. The molecular weight excluding hydrogens is 257 g/mol. The van der Waals surface area contributed by atoms with Gasteiger partial charge in [-0.3, -0.25) is 4.90 Å². The number of rotatable bonds is 3. The zero-order valence-electron chi connectivity index (χ0n) is 10.7. The number of ether oxygens (including phenoxy) is 1. The molecule has 1 atom stereocenters. The maximum atomic E-state index is 12.1. The van der Waals surface area contributed by atoms with Gasteiger partial charge in [0.1, 0.15) is 5.75 Å². The fourth-order valence-electron chi connectivity index (χ4n) is 2.25. The number of hydrogen-bond acceptors (Lipinski definition) is 3. The summed E-state index contributed by atoms with van der Waals surface area (Å²) in [5, 5.41) is 3.33. The van der Waals surface area contributed by atoms with Crippen molar-refractivity contribution in [1.29, 1.82) is 0 Å². The van der Waals surface area contributed by atoms with Crippen LogP contribution in [0.2, 0.25) is 0 Å². The van der Waals surface area contributed by atoms with Crippen molar-refractivity contribution in [2.24, 2.45) is 0 Å². The van der Waals surface area contributed by atoms with Crippen molar-refractivity contribution in [3.05, 3.63) is 29.8 Å². The SMILES string of the molecule is CC1CN(Cc2cccc(OC(F)(F)F)c2)CCN1. The highest BCUT2D eigenvalue weighted by atomic mass is 19.4. The second kappa shape index (κ2) is 5.79. The molecule has 1 aliphatic heterocycles. The molecule has 1 N–H and O–H groups in total. The molecule has 0 aliphatic carbocycles. The van der Waals surface area contributed by atoms with Crippen LogP contribution in [0.5, 0.6) is 5.75 Å². The first kappa shape index (κ1) is 14.1. The van der Waals surface area contributed by atoms with Crippen molar-refractivity contribution in [1.82, 2.24) is 10.2 Å². The molecular formula is C13H17F3N2O. The molecule has 1 aromatic carbocycles. The van der Waals surface area contributed by atoms with Crippen LogP contribution in [-0.2, 0) is 6.54 Å². The van der Waals surface area contributed by atoms with Gasteiger partial charge in [-0.1, -0.05) is 12.1 Å². The maximum Gasteiger partial charge on any atom is 0.573 e. The van der Waals surface area contributed by atoms with Crippen LogP contribution in [0.4, 0.5) is 13.2 Å². The Balaban J connectivity index is 1.98. The first-order valence-corrected chi connectivity index (χ1v) is 6.23. The van der Waals surface area contributed by atoms with E-state index in [0.29, 0.717) is 12.6 Å². The van der Waals surface area contributed by atoms with Crippen LogP contribution in [0, 0.1) is 0 Å². The highest BCUT2D eigenvalue weighted by molar-refractivity contribution is 5.28. The normalized spacial score (nSPS) is 21.4. The zero-order valence-corrected chi connectivity index (χ0v) is 10.7. The number of nitrogens with zero attached hydrogens (tertiary/aromatic N) is 1. The molecule has 2 rings (SSSR count). The Morgan fingerprint density at radius 1 is 1.42 bits per heavy atom. The van der Waals surface area contributed by atoms with E-state index in [1.165, 1.54) is 12.1 Å². The molecule has 106 valence electrons. The summed E-state index contributed by atoms with van der Waals surface area (Å²) >= 11 is 0. The smallest absolute Gasteiger partial charge is 0.406 e. The molecule has 0 saturated carbocycles. The molecule has 0 bridgehead atoms. The Labute approximate surface area is 110 Å². The first-order valence-electron chi connectivity index (χ1n) is 6.23. The topological polar surface area (TPSA) is 24.5 Å². The van der Waals surface area contributed by atoms with Gasteiger partial charge in [0.2, 0.25) is 0 Å². The molecule has 1 saturated heterocycles. The molecule has 1 aromatic rings. The second-order valence-electron chi connectivity index (χ2n) is 4.79. The van der Waals surface area contributed by atoms with Crippen LogP contribution in [0.1, 0.15) is 12.5 Å². The van der Waals surface area contributed by atoms with Gasteiger partial charge >= 0.3 is 6.36 Å². The van der Waals surface area contributed by atoms with Gasteiger partial charge in [0.15, 0.2) is 0 Å². The average Bonchev–Trinajstić information content (AvgIpc) is 2.27. The van der Waals surface area contributed by atoms with Crippen LogP contribution >= 0.6 is 0 Å². The lowest BCUT2D eigenvalue weighted by atomic mass is 10.1. The van der Waals surface area contributed by atoms with Gasteiger partial charge < -0.3 is 10.1 Å². The molecule has 0 aromatic heterocycles. The summed E-state index contributed by atoms with van der Waals surface area (Å²) in [7, 11) is 0. The third-order valence-electron chi connectivity index (χ3n) is 2.99. The van der Waals surface area contributed by atoms with Gasteiger partial charge in [0.25, 0.3) is 0 Å². The summed E-state index contributed by atoms with van der Waals surface area (Å²) in [6, 6.07) is 6.57. The number of hydrogen-bond donors (Lipinski definition) is 1. The molecule has 0 spiro atoms. The highest BCUT2D eigenvalue weighted by Gasteiger charge is 2.31. The number of benzene rings is 1. The predicted octanol–water partition coefficient (Wildman–Crippen LogP) is 2.38. The van der Waals surface area contributed by atoms with Gasteiger partial charge in [-0.25, -0.2) is 0 Å². The molecule has 1 unspecified atom stereocenters. The van der Waals surface area contributed by atoms with Crippen molar-refractivity contribution in [3.8, 4) is 5.75 Å². The molecule has 1 aliphatic rings. The fraction of sp³-hybridized carbons (Fsp3) is 0.538. The van der Waals surface area contributed by atoms with Gasteiger partial charge in [-0.05, 0) is 24.6 Å². The van der Waals surface area contributed by atoms with Gasteiger partial charge in [0.05, 0.1) is 0 Å². The van der Waals surface area contributed by atoms with Crippen molar-refractivity contribution in [3.63, 3.8) is 0 Å². The van der Waals surface area contributed by atoms with E-state index in [-0.39, 0.29) is 5.75 Å². The Bertz CT molecular complexity index is 423. The minimum absolute atomic E-state index is 0.159. The number of nitrogens with one attached hydrogen (secondary N) is 1. The van der Waals surface area contributed by atoms with E-state index in [9.17, 15) is 13.2 Å². The van der Waals surface area contributed by atoms with Crippen LogP contribution < -0.4 is 10.1 Å². The van der Waals surface area contributed by atoms with E-state index in [0.717, 1.165) is 25.2 Å². The van der Waals surface area contributed by atoms with E-state index < -0.39 is 6.36 Å². The Kier molecular flexibility index (Phi) is 4.31. The lowest BCUT2D eigenvalue weighted by molar-refractivity contribution is -0.274. The average molecular weight is 274 g/mol. The standard InChI is InChI=1S/C13H17F3N2O/c1-10-8-18(6-5-17-10)9-11-3-2-4-12(7-11)19-13(14,15)16/h2-4,7,10,17H,5-6,8-9H2,1H3. The number of alkyl halides is 3. The van der Waals surface area contributed by atoms with E-state index in [4.69, 9.17) is 0 Å². The van der Waals surface area contributed by atoms with Crippen molar-refractivity contribution in [2.45, 2.75) is 25.9 Å². The summed E-state index contributed by atoms with van der Waals surface area (Å²) in [5.41, 5.74) is 0.829. The van der Waals surface area contributed by atoms with Crippen molar-refractivity contribution in [2.75, 3.05) is 19.6 Å². The van der Waals surface area contributed by atoms with Crippen molar-refractivity contribution < 1.29 is 17.9 Å². The van der Waals surface area contributed by atoms with Gasteiger partial charge in [-0.15, -0.1) is 13.2 Å². The highest BCUT2D eigenvalue weighted by Crippen LogP contribution is 2.23. The second-order valence-corrected chi connectivity index (χ2v) is 4.79. The molecule has 6 heteroatoms. The molecule has 0 amide bonds. The molecule has 19 heavy (non-hydrogen) atoms. The van der Waals surface area contributed by atoms with E-state index in [2.05, 4.69) is 21.9 Å². The van der Waals surface area contributed by atoms with Crippen LogP contribution in [0.3, 0.4) is 0 Å². The minimum Gasteiger partial charge on any atom is -0.406 e. The summed E-state index contributed by atoms with van der Waals surface area (Å²) in [4.78, 5) is 2.22. The van der Waals surface area contributed by atoms with Gasteiger partial charge in [0, 0.05) is 32.2 Å². The lowest BCUT2D eigenvalue weighted by Crippen LogP contribution is -2.48.